The van der Waals surface area contributed by atoms with E-state index in [1.807, 2.05) is 84.9 Å². The maximum Gasteiger partial charge on any atom is 0.167 e. The van der Waals surface area contributed by atoms with Crippen molar-refractivity contribution in [3.8, 4) is 67.8 Å². The van der Waals surface area contributed by atoms with Gasteiger partial charge in [0.05, 0.1) is 27.6 Å². The molecular formula is C85H54N8O2. The average Bonchev–Trinajstić information content (AvgIpc) is 1.65. The second kappa shape index (κ2) is 21.4. The number of hydrogen-bond donors (Lipinski definition) is 1. The third kappa shape index (κ3) is 8.83. The molecule has 10 nitrogen and oxygen atoms in total. The second-order valence-corrected chi connectivity index (χ2v) is 24.5. The minimum atomic E-state index is -0.989. The third-order valence-corrected chi connectivity index (χ3v) is 18.8. The maximum atomic E-state index is 7.04. The Kier molecular flexibility index (Phi) is 12.2. The maximum absolute atomic E-state index is 7.04. The molecule has 6 heterocycles. The summed E-state index contributed by atoms with van der Waals surface area (Å²) in [6.45, 7) is 2.12. The summed E-state index contributed by atoms with van der Waals surface area (Å²) in [5, 5.41) is 12.6. The smallest absolute Gasteiger partial charge is 0.167 e. The van der Waals surface area contributed by atoms with Gasteiger partial charge in [-0.1, -0.05) is 237 Å². The van der Waals surface area contributed by atoms with E-state index in [-0.39, 0.29) is 0 Å². The average molecular weight is 1220 g/mol. The van der Waals surface area contributed by atoms with Gasteiger partial charge < -0.3 is 23.3 Å². The van der Waals surface area contributed by atoms with E-state index in [0.29, 0.717) is 34.7 Å². The molecule has 0 aliphatic carbocycles. The van der Waals surface area contributed by atoms with Gasteiger partial charge >= 0.3 is 0 Å². The zero-order chi connectivity index (χ0) is 62.7. The summed E-state index contributed by atoms with van der Waals surface area (Å²) in [5.74, 6) is 3.04. The van der Waals surface area contributed by atoms with Crippen LogP contribution in [0.2, 0.25) is 0 Å². The summed E-state index contributed by atoms with van der Waals surface area (Å²) in [6.07, 6.45) is 0. The highest BCUT2D eigenvalue weighted by Crippen LogP contribution is 2.44. The van der Waals surface area contributed by atoms with Crippen molar-refractivity contribution in [3.05, 3.63) is 320 Å². The van der Waals surface area contributed by atoms with Crippen LogP contribution in [0.4, 0.5) is 0 Å². The number of aliphatic imine (C=N–C) groups is 2. The minimum absolute atomic E-state index is 0.536. The summed E-state index contributed by atoms with van der Waals surface area (Å²) in [6, 6.07) is 106. The van der Waals surface area contributed by atoms with Crippen molar-refractivity contribution in [1.82, 2.24) is 29.4 Å². The van der Waals surface area contributed by atoms with E-state index in [0.717, 1.165) is 138 Å². The lowest BCUT2D eigenvalue weighted by Crippen LogP contribution is -2.46. The standard InChI is InChI=1S/C85H54N8O2/c1-85(70-35-19-33-67-65-48-44-59(50-76(65)95-79(67)70)92-71-36-16-14-29-62(71)63-30-15-17-37-72(63)92)90-82(56-27-12-5-13-28-56)89-83(91-85)57-41-39-53(40-42-57)61-31-20-38-73-77(61)68-46-43-58(52-21-6-2-7-22-52)49-74(68)93(73)60-45-47-64-66-32-18-34-69(78(66)94-75(64)51-60)84-87-80(54-23-8-3-9-24-54)86-81(88-84)55-25-10-4-11-26-55/h2-51H,1H3,(H,89,90,91). The van der Waals surface area contributed by atoms with Crippen LogP contribution < -0.4 is 5.32 Å². The van der Waals surface area contributed by atoms with E-state index in [2.05, 4.69) is 240 Å². The van der Waals surface area contributed by atoms with Crippen LogP contribution in [0, 0.1) is 0 Å². The van der Waals surface area contributed by atoms with Crippen molar-refractivity contribution < 1.29 is 8.83 Å². The number of nitrogens with zero attached hydrogens (tertiary/aromatic N) is 7. The highest BCUT2D eigenvalue weighted by atomic mass is 16.3. The Morgan fingerprint density at radius 1 is 0.326 bits per heavy atom. The number of furan rings is 2. The van der Waals surface area contributed by atoms with Crippen LogP contribution in [0.1, 0.15) is 23.6 Å². The topological polar surface area (TPSA) is 112 Å². The van der Waals surface area contributed by atoms with Gasteiger partial charge in [-0.25, -0.2) is 24.9 Å². The van der Waals surface area contributed by atoms with E-state index >= 15 is 0 Å². The number of benzene rings is 13. The number of amidine groups is 2. The molecule has 19 rings (SSSR count). The van der Waals surface area contributed by atoms with Gasteiger partial charge in [0, 0.05) is 94.4 Å². The van der Waals surface area contributed by atoms with Gasteiger partial charge in [0.25, 0.3) is 0 Å². The molecule has 95 heavy (non-hydrogen) atoms. The van der Waals surface area contributed by atoms with Gasteiger partial charge in [-0.15, -0.1) is 0 Å². The van der Waals surface area contributed by atoms with Crippen molar-refractivity contribution in [2.45, 2.75) is 12.6 Å². The van der Waals surface area contributed by atoms with Gasteiger partial charge in [0.2, 0.25) is 0 Å². The van der Waals surface area contributed by atoms with E-state index in [1.165, 1.54) is 10.8 Å². The molecule has 5 aromatic heterocycles. The van der Waals surface area contributed by atoms with Gasteiger partial charge in [0.15, 0.2) is 29.0 Å². The number of para-hydroxylation sites is 4. The molecule has 446 valence electrons. The molecule has 0 spiro atoms. The summed E-state index contributed by atoms with van der Waals surface area (Å²) in [7, 11) is 0. The van der Waals surface area contributed by atoms with Crippen LogP contribution in [0.5, 0.6) is 0 Å². The number of rotatable bonds is 10. The molecule has 0 fully saturated rings. The van der Waals surface area contributed by atoms with Crippen molar-refractivity contribution in [1.29, 1.82) is 0 Å². The molecule has 18 aromatic rings. The first-order valence-corrected chi connectivity index (χ1v) is 32.0. The zero-order valence-electron chi connectivity index (χ0n) is 51.3. The van der Waals surface area contributed by atoms with Crippen LogP contribution in [0.15, 0.2) is 322 Å². The lowest BCUT2D eigenvalue weighted by molar-refractivity contribution is 0.452. The fourth-order valence-electron chi connectivity index (χ4n) is 14.4. The van der Waals surface area contributed by atoms with E-state index in [9.17, 15) is 0 Å². The van der Waals surface area contributed by atoms with Crippen molar-refractivity contribution >= 4 is 99.2 Å². The molecule has 0 saturated carbocycles. The van der Waals surface area contributed by atoms with E-state index in [4.69, 9.17) is 33.8 Å². The van der Waals surface area contributed by atoms with Crippen LogP contribution in [0.3, 0.4) is 0 Å². The summed E-state index contributed by atoms with van der Waals surface area (Å²) >= 11 is 0. The predicted octanol–water partition coefficient (Wildman–Crippen LogP) is 20.9. The SMILES string of the molecule is CC1(c2cccc3c2oc2cc(-n4c5ccccc5c5ccccc54)ccc23)N=C(c2ccccc2)N=C(c2ccc(-c3cccc4c3c3ccc(-c5ccccc5)cc3n4-c3ccc4c(c3)oc3c(-c5nc(-c6ccccc6)nc(-c6ccccc6)n5)cccc34)cc2)N1. The fourth-order valence-corrected chi connectivity index (χ4v) is 14.4. The van der Waals surface area contributed by atoms with Crippen molar-refractivity contribution in [3.63, 3.8) is 0 Å². The Morgan fingerprint density at radius 3 is 1.44 bits per heavy atom. The van der Waals surface area contributed by atoms with Crippen LogP contribution in [-0.4, -0.2) is 35.8 Å². The molecular weight excluding hydrogens is 1160 g/mol. The minimum Gasteiger partial charge on any atom is -0.456 e. The molecule has 10 heteroatoms. The Labute approximate surface area is 544 Å². The van der Waals surface area contributed by atoms with Crippen molar-refractivity contribution in [2.75, 3.05) is 0 Å². The molecule has 0 saturated heterocycles. The summed E-state index contributed by atoms with van der Waals surface area (Å²) in [5.41, 5.74) is 18.2. The molecule has 0 bridgehead atoms. The molecule has 13 aromatic carbocycles. The quantitative estimate of drug-likeness (QED) is 0.146. The molecule has 1 atom stereocenters. The predicted molar refractivity (Wildman–Crippen MR) is 387 cm³/mol. The normalized spacial score (nSPS) is 14.2. The molecule has 0 radical (unpaired) electrons. The molecule has 1 unspecified atom stereocenters. The van der Waals surface area contributed by atoms with Gasteiger partial charge in [-0.2, -0.15) is 0 Å². The highest BCUT2D eigenvalue weighted by Gasteiger charge is 2.35. The Hall–Kier alpha value is -12.8. The van der Waals surface area contributed by atoms with Crippen LogP contribution >= 0.6 is 0 Å². The lowest BCUT2D eigenvalue weighted by Gasteiger charge is -2.33. The monoisotopic (exact) mass is 1220 g/mol. The van der Waals surface area contributed by atoms with Gasteiger partial charge in [-0.05, 0) is 83.8 Å². The van der Waals surface area contributed by atoms with E-state index in [1.54, 1.807) is 0 Å². The van der Waals surface area contributed by atoms with Crippen molar-refractivity contribution in [2.24, 2.45) is 9.98 Å². The number of aromatic nitrogens is 5. The van der Waals surface area contributed by atoms with Gasteiger partial charge in [-0.3, -0.25) is 0 Å². The number of fused-ring (bicyclic) bond motifs is 12. The fraction of sp³-hybridized carbons (Fsp3) is 0.0235. The van der Waals surface area contributed by atoms with Crippen LogP contribution in [0.25, 0.3) is 155 Å². The van der Waals surface area contributed by atoms with Crippen LogP contribution in [-0.2, 0) is 5.66 Å². The summed E-state index contributed by atoms with van der Waals surface area (Å²) < 4.78 is 18.8. The zero-order valence-corrected chi connectivity index (χ0v) is 51.3. The first kappa shape index (κ1) is 54.0. The number of hydrogen-bond acceptors (Lipinski definition) is 8. The Morgan fingerprint density at radius 2 is 0.800 bits per heavy atom. The van der Waals surface area contributed by atoms with E-state index < -0.39 is 5.66 Å². The first-order valence-electron chi connectivity index (χ1n) is 32.0. The molecule has 1 aliphatic rings. The largest absolute Gasteiger partial charge is 0.456 e. The first-order chi connectivity index (χ1) is 46.9. The summed E-state index contributed by atoms with van der Waals surface area (Å²) in [4.78, 5) is 26.0. The Bertz CT molecular complexity index is 6070. The molecule has 0 amide bonds. The highest BCUT2D eigenvalue weighted by molar-refractivity contribution is 6.18. The number of nitrogens with one attached hydrogen (secondary N) is 1. The third-order valence-electron chi connectivity index (χ3n) is 18.8. The molecule has 1 N–H and O–H groups in total. The Balaban J connectivity index is 0.710. The van der Waals surface area contributed by atoms with Gasteiger partial charge in [0.1, 0.15) is 28.2 Å². The molecule has 1 aliphatic heterocycles. The lowest BCUT2D eigenvalue weighted by atomic mass is 9.95. The second-order valence-electron chi connectivity index (χ2n) is 24.5.